The molecule has 15 nitrogen and oxygen atoms in total. The molecule has 15 heteroatoms. The number of hydrogen-bond donors (Lipinski definition) is 8. The number of aromatic hydroxyl groups is 1. The summed E-state index contributed by atoms with van der Waals surface area (Å²) >= 11 is 0. The normalized spacial score (nSPS) is 19.1. The average Bonchev–Trinajstić information content (AvgIpc) is 3.86. The summed E-state index contributed by atoms with van der Waals surface area (Å²) in [4.78, 5) is 82.2. The lowest BCUT2D eigenvalue weighted by molar-refractivity contribution is -0.145. The number of carboxylic acid groups (broad SMARTS) is 2. The van der Waals surface area contributed by atoms with Gasteiger partial charge in [-0.3, -0.25) is 24.0 Å². The Morgan fingerprint density at radius 2 is 1.57 bits per heavy atom. The van der Waals surface area contributed by atoms with Crippen LogP contribution in [-0.4, -0.2) is 104 Å². The molecule has 5 atom stereocenters. The van der Waals surface area contributed by atoms with E-state index >= 15 is 0 Å². The highest BCUT2D eigenvalue weighted by Crippen LogP contribution is 2.22. The Hall–Kier alpha value is -5.44. The SMILES string of the molecule is O=C(O)C[C@H](NC(=O)[C@@H]1CCCN1C(=O)[C@H](Cc1ccc(O)cc1)NC(=O)[C@@H]1CCCN1)C(=O)N[C@@H](Cc1c[nH]c2ccccc12)C(=O)O. The molecule has 2 saturated heterocycles. The molecule has 2 fully saturated rings. The Labute approximate surface area is 281 Å². The molecule has 2 aliphatic rings. The van der Waals surface area contributed by atoms with E-state index in [1.807, 2.05) is 12.1 Å². The van der Waals surface area contributed by atoms with Crippen LogP contribution in [-0.2, 0) is 41.6 Å². The molecule has 8 N–H and O–H groups in total. The zero-order chi connectivity index (χ0) is 35.1. The van der Waals surface area contributed by atoms with Gasteiger partial charge in [0, 0.05) is 36.5 Å². The molecule has 5 rings (SSSR count). The van der Waals surface area contributed by atoms with Crippen molar-refractivity contribution in [3.05, 3.63) is 65.9 Å². The maximum atomic E-state index is 14.0. The van der Waals surface area contributed by atoms with E-state index in [2.05, 4.69) is 26.3 Å². The predicted octanol–water partition coefficient (Wildman–Crippen LogP) is 0.415. The topological polar surface area (TPSA) is 230 Å². The molecule has 0 saturated carbocycles. The second kappa shape index (κ2) is 15.6. The molecule has 49 heavy (non-hydrogen) atoms. The number of fused-ring (bicyclic) bond motifs is 1. The maximum Gasteiger partial charge on any atom is 0.326 e. The first-order valence-electron chi connectivity index (χ1n) is 16.2. The van der Waals surface area contributed by atoms with Gasteiger partial charge < -0.3 is 46.5 Å². The van der Waals surface area contributed by atoms with E-state index < -0.39 is 66.3 Å². The minimum atomic E-state index is -1.63. The molecule has 3 heterocycles. The van der Waals surface area contributed by atoms with Crippen LogP contribution in [0.15, 0.2) is 54.7 Å². The van der Waals surface area contributed by atoms with Crippen LogP contribution in [0.2, 0.25) is 0 Å². The van der Waals surface area contributed by atoms with Crippen LogP contribution in [0.1, 0.15) is 43.2 Å². The number of para-hydroxylation sites is 1. The summed E-state index contributed by atoms with van der Waals surface area (Å²) in [6.07, 6.45) is 2.87. The number of aromatic amines is 1. The monoisotopic (exact) mass is 676 g/mol. The molecule has 4 amide bonds. The highest BCUT2D eigenvalue weighted by atomic mass is 16.4. The van der Waals surface area contributed by atoms with Crippen molar-refractivity contribution in [2.75, 3.05) is 13.1 Å². The van der Waals surface area contributed by atoms with Gasteiger partial charge in [0.1, 0.15) is 29.9 Å². The summed E-state index contributed by atoms with van der Waals surface area (Å²) in [7, 11) is 0. The highest BCUT2D eigenvalue weighted by Gasteiger charge is 2.40. The number of likely N-dealkylation sites (tertiary alicyclic amines) is 1. The van der Waals surface area contributed by atoms with Crippen molar-refractivity contribution in [2.24, 2.45) is 0 Å². The van der Waals surface area contributed by atoms with E-state index in [0.29, 0.717) is 30.5 Å². The molecule has 1 aromatic heterocycles. The van der Waals surface area contributed by atoms with Gasteiger partial charge in [-0.1, -0.05) is 30.3 Å². The van der Waals surface area contributed by atoms with E-state index in [1.165, 1.54) is 17.0 Å². The van der Waals surface area contributed by atoms with E-state index in [-0.39, 0.29) is 37.5 Å². The zero-order valence-corrected chi connectivity index (χ0v) is 26.7. The number of nitrogens with one attached hydrogen (secondary N) is 5. The van der Waals surface area contributed by atoms with Crippen LogP contribution in [0.3, 0.4) is 0 Å². The Bertz CT molecular complexity index is 1700. The Morgan fingerprint density at radius 3 is 2.27 bits per heavy atom. The molecule has 260 valence electrons. The Morgan fingerprint density at radius 1 is 0.837 bits per heavy atom. The minimum Gasteiger partial charge on any atom is -0.508 e. The second-order valence-corrected chi connectivity index (χ2v) is 12.4. The van der Waals surface area contributed by atoms with E-state index in [0.717, 1.165) is 17.3 Å². The van der Waals surface area contributed by atoms with Crippen LogP contribution in [0.4, 0.5) is 0 Å². The second-order valence-electron chi connectivity index (χ2n) is 12.4. The van der Waals surface area contributed by atoms with Crippen molar-refractivity contribution in [3.63, 3.8) is 0 Å². The third kappa shape index (κ3) is 8.73. The van der Waals surface area contributed by atoms with Gasteiger partial charge in [-0.2, -0.15) is 0 Å². The van der Waals surface area contributed by atoms with Gasteiger partial charge in [0.05, 0.1) is 12.5 Å². The lowest BCUT2D eigenvalue weighted by Crippen LogP contribution is -2.58. The fourth-order valence-corrected chi connectivity index (χ4v) is 6.40. The maximum absolute atomic E-state index is 14.0. The largest absolute Gasteiger partial charge is 0.508 e. The first kappa shape index (κ1) is 34.9. The lowest BCUT2D eigenvalue weighted by Gasteiger charge is -2.30. The van der Waals surface area contributed by atoms with Crippen molar-refractivity contribution in [3.8, 4) is 5.75 Å². The average molecular weight is 677 g/mol. The molecule has 3 aromatic rings. The molecule has 0 spiro atoms. The van der Waals surface area contributed by atoms with Crippen molar-refractivity contribution in [2.45, 2.75) is 75.2 Å². The number of rotatable bonds is 14. The molecule has 2 aliphatic heterocycles. The van der Waals surface area contributed by atoms with Crippen LogP contribution >= 0.6 is 0 Å². The summed E-state index contributed by atoms with van der Waals surface area (Å²) in [6, 6.07) is 7.77. The molecular weight excluding hydrogens is 636 g/mol. The zero-order valence-electron chi connectivity index (χ0n) is 26.7. The fourth-order valence-electron chi connectivity index (χ4n) is 6.40. The summed E-state index contributed by atoms with van der Waals surface area (Å²) in [5.41, 5.74) is 2.06. The van der Waals surface area contributed by atoms with Gasteiger partial charge in [-0.05, 0) is 61.6 Å². The molecule has 0 unspecified atom stereocenters. The van der Waals surface area contributed by atoms with Crippen molar-refractivity contribution in [1.82, 2.24) is 31.2 Å². The number of H-pyrrole nitrogens is 1. The van der Waals surface area contributed by atoms with Gasteiger partial charge in [0.15, 0.2) is 0 Å². The number of carbonyl (C=O) groups is 6. The Balaban J connectivity index is 1.29. The number of aliphatic carboxylic acids is 2. The minimum absolute atomic E-state index is 0.0367. The molecular formula is C34H40N6O9. The summed E-state index contributed by atoms with van der Waals surface area (Å²) in [6.45, 7) is 0.854. The van der Waals surface area contributed by atoms with Crippen LogP contribution in [0, 0.1) is 0 Å². The standard InChI is InChI=1S/C34H40N6O9/c41-21-11-9-19(10-12-21)15-26(38-30(44)24-7-3-13-35-24)33(47)40-14-4-8-28(40)32(46)37-25(17-29(42)43)31(45)39-27(34(48)49)16-20-18-36-23-6-2-1-5-22(20)23/h1-2,5-6,9-12,18,24-28,35-36,41H,3-4,7-8,13-17H2,(H,37,46)(H,38,44)(H,39,45)(H,42,43)(H,48,49)/t24-,25-,26-,27-,28-/m0/s1. The third-order valence-electron chi connectivity index (χ3n) is 8.93. The first-order chi connectivity index (χ1) is 23.5. The number of hydrogen-bond acceptors (Lipinski definition) is 8. The van der Waals surface area contributed by atoms with Crippen molar-refractivity contribution < 1.29 is 44.1 Å². The summed E-state index contributed by atoms with van der Waals surface area (Å²) in [5.74, 6) is -5.37. The fraction of sp³-hybridized carbons (Fsp3) is 0.412. The summed E-state index contributed by atoms with van der Waals surface area (Å²) in [5, 5.41) is 40.6. The quantitative estimate of drug-likeness (QED) is 0.117. The van der Waals surface area contributed by atoms with E-state index in [1.54, 1.807) is 30.5 Å². The van der Waals surface area contributed by atoms with E-state index in [4.69, 9.17) is 0 Å². The number of benzene rings is 2. The number of carboxylic acids is 2. The lowest BCUT2D eigenvalue weighted by atomic mass is 10.0. The first-order valence-corrected chi connectivity index (χ1v) is 16.2. The molecule has 2 aromatic carbocycles. The highest BCUT2D eigenvalue weighted by molar-refractivity contribution is 5.97. The third-order valence-corrected chi connectivity index (χ3v) is 8.93. The number of carbonyl (C=O) groups excluding carboxylic acids is 4. The number of phenolic OH excluding ortho intramolecular Hbond substituents is 1. The molecule has 0 bridgehead atoms. The smallest absolute Gasteiger partial charge is 0.326 e. The number of phenols is 1. The van der Waals surface area contributed by atoms with Gasteiger partial charge in [-0.15, -0.1) is 0 Å². The summed E-state index contributed by atoms with van der Waals surface area (Å²) < 4.78 is 0. The van der Waals surface area contributed by atoms with Crippen LogP contribution in [0.5, 0.6) is 5.75 Å². The molecule has 0 aliphatic carbocycles. The predicted molar refractivity (Wildman–Crippen MR) is 175 cm³/mol. The van der Waals surface area contributed by atoms with Crippen molar-refractivity contribution in [1.29, 1.82) is 0 Å². The van der Waals surface area contributed by atoms with Crippen molar-refractivity contribution >= 4 is 46.5 Å². The molecule has 0 radical (unpaired) electrons. The van der Waals surface area contributed by atoms with Gasteiger partial charge >= 0.3 is 11.9 Å². The van der Waals surface area contributed by atoms with Gasteiger partial charge in [-0.25, -0.2) is 4.79 Å². The van der Waals surface area contributed by atoms with Gasteiger partial charge in [0.25, 0.3) is 0 Å². The van der Waals surface area contributed by atoms with Crippen LogP contribution < -0.4 is 21.3 Å². The number of aromatic nitrogens is 1. The Kier molecular flexibility index (Phi) is 11.1. The van der Waals surface area contributed by atoms with E-state index in [9.17, 15) is 44.1 Å². The number of nitrogens with zero attached hydrogens (tertiary/aromatic N) is 1. The van der Waals surface area contributed by atoms with Gasteiger partial charge in [0.2, 0.25) is 23.6 Å². The van der Waals surface area contributed by atoms with Crippen LogP contribution in [0.25, 0.3) is 10.9 Å². The number of amides is 4.